The second-order valence-electron chi connectivity index (χ2n) is 6.69. The van der Waals surface area contributed by atoms with Crippen molar-refractivity contribution in [3.05, 3.63) is 41.7 Å². The Balaban J connectivity index is 1.83. The van der Waals surface area contributed by atoms with Crippen molar-refractivity contribution in [2.24, 2.45) is 0 Å². The van der Waals surface area contributed by atoms with Crippen molar-refractivity contribution in [3.8, 4) is 11.3 Å². The van der Waals surface area contributed by atoms with Crippen LogP contribution in [0.1, 0.15) is 55.6 Å². The Labute approximate surface area is 137 Å². The summed E-state index contributed by atoms with van der Waals surface area (Å²) >= 11 is 0. The largest absolute Gasteiger partial charge is 0.350 e. The van der Waals surface area contributed by atoms with E-state index in [1.807, 2.05) is 36.1 Å². The number of amides is 1. The van der Waals surface area contributed by atoms with E-state index in [-0.39, 0.29) is 11.9 Å². The molecule has 1 aliphatic carbocycles. The number of hydrogen-bond acceptors (Lipinski definition) is 3. The predicted molar refractivity (Wildman–Crippen MR) is 90.2 cm³/mol. The monoisotopic (exact) mass is 312 g/mol. The summed E-state index contributed by atoms with van der Waals surface area (Å²) in [6.07, 6.45) is 4.57. The van der Waals surface area contributed by atoms with Crippen molar-refractivity contribution in [1.29, 1.82) is 0 Å². The molecule has 0 atom stereocenters. The van der Waals surface area contributed by atoms with Gasteiger partial charge in [0.2, 0.25) is 5.76 Å². The van der Waals surface area contributed by atoms with Crippen LogP contribution in [0, 0.1) is 6.92 Å². The Hall–Kier alpha value is -2.10. The Morgan fingerprint density at radius 1 is 1.22 bits per heavy atom. The summed E-state index contributed by atoms with van der Waals surface area (Å²) in [5.41, 5.74) is 2.87. The molecule has 122 valence electrons. The molecule has 0 spiro atoms. The molecule has 1 fully saturated rings. The van der Waals surface area contributed by atoms with Crippen LogP contribution in [0.4, 0.5) is 0 Å². The summed E-state index contributed by atoms with van der Waals surface area (Å²) in [6.45, 7) is 6.17. The lowest BCUT2D eigenvalue weighted by Crippen LogP contribution is -2.43. The lowest BCUT2D eigenvalue weighted by molar-refractivity contribution is 0.0570. The molecule has 0 unspecified atom stereocenters. The van der Waals surface area contributed by atoms with Crippen molar-refractivity contribution in [2.75, 3.05) is 0 Å². The van der Waals surface area contributed by atoms with Gasteiger partial charge in [-0.3, -0.25) is 4.79 Å². The van der Waals surface area contributed by atoms with Gasteiger partial charge in [-0.15, -0.1) is 0 Å². The van der Waals surface area contributed by atoms with Crippen molar-refractivity contribution in [2.45, 2.75) is 58.5 Å². The second kappa shape index (κ2) is 6.57. The van der Waals surface area contributed by atoms with Crippen LogP contribution >= 0.6 is 0 Å². The van der Waals surface area contributed by atoms with E-state index in [9.17, 15) is 4.79 Å². The summed E-state index contributed by atoms with van der Waals surface area (Å²) in [7, 11) is 0. The highest BCUT2D eigenvalue weighted by atomic mass is 16.5. The molecule has 2 aromatic rings. The van der Waals surface area contributed by atoms with Gasteiger partial charge in [-0.25, -0.2) is 0 Å². The van der Waals surface area contributed by atoms with Gasteiger partial charge in [0.1, 0.15) is 5.69 Å². The summed E-state index contributed by atoms with van der Waals surface area (Å²) < 4.78 is 5.36. The topological polar surface area (TPSA) is 46.3 Å². The lowest BCUT2D eigenvalue weighted by atomic mass is 10.1. The predicted octanol–water partition coefficient (Wildman–Crippen LogP) is 4.44. The molecule has 4 heteroatoms. The van der Waals surface area contributed by atoms with Crippen LogP contribution in [0.15, 0.2) is 34.9 Å². The van der Waals surface area contributed by atoms with E-state index in [0.29, 0.717) is 17.5 Å². The van der Waals surface area contributed by atoms with Crippen molar-refractivity contribution in [3.63, 3.8) is 0 Å². The Morgan fingerprint density at radius 3 is 2.48 bits per heavy atom. The minimum atomic E-state index is -0.0437. The number of nitrogens with zero attached hydrogens (tertiary/aromatic N) is 2. The molecular formula is C19H24N2O2. The Morgan fingerprint density at radius 2 is 1.87 bits per heavy atom. The first-order valence-electron chi connectivity index (χ1n) is 8.42. The number of hydrogen-bond donors (Lipinski definition) is 0. The second-order valence-corrected chi connectivity index (χ2v) is 6.69. The first-order valence-corrected chi connectivity index (χ1v) is 8.42. The number of aryl methyl sites for hydroxylation is 1. The van der Waals surface area contributed by atoms with Crippen LogP contribution in [0.3, 0.4) is 0 Å². The number of benzene rings is 1. The van der Waals surface area contributed by atoms with Crippen LogP contribution in [0.25, 0.3) is 11.3 Å². The highest BCUT2D eigenvalue weighted by molar-refractivity contribution is 5.92. The molecule has 4 nitrogen and oxygen atoms in total. The van der Waals surface area contributed by atoms with Crippen LogP contribution in [-0.4, -0.2) is 28.0 Å². The number of rotatable bonds is 4. The van der Waals surface area contributed by atoms with Gasteiger partial charge < -0.3 is 9.42 Å². The highest BCUT2D eigenvalue weighted by Crippen LogP contribution is 2.28. The molecule has 1 aromatic carbocycles. The molecule has 1 aromatic heterocycles. The summed E-state index contributed by atoms with van der Waals surface area (Å²) in [5, 5.41) is 4.08. The van der Waals surface area contributed by atoms with Gasteiger partial charge in [0.05, 0.1) is 0 Å². The molecule has 0 aliphatic heterocycles. The molecule has 0 saturated heterocycles. The fourth-order valence-corrected chi connectivity index (χ4v) is 3.37. The SMILES string of the molecule is Cc1ccc(-c2cc(C(=O)N(C(C)C)C3CCCC3)on2)cc1. The van der Waals surface area contributed by atoms with E-state index in [1.54, 1.807) is 6.07 Å². The number of carbonyl (C=O) groups excluding carboxylic acids is 1. The number of aromatic nitrogens is 1. The zero-order chi connectivity index (χ0) is 16.4. The first-order chi connectivity index (χ1) is 11.1. The highest BCUT2D eigenvalue weighted by Gasteiger charge is 2.31. The fourth-order valence-electron chi connectivity index (χ4n) is 3.37. The van der Waals surface area contributed by atoms with E-state index < -0.39 is 0 Å². The molecular weight excluding hydrogens is 288 g/mol. The van der Waals surface area contributed by atoms with Gasteiger partial charge in [-0.2, -0.15) is 0 Å². The zero-order valence-corrected chi connectivity index (χ0v) is 14.1. The van der Waals surface area contributed by atoms with Gasteiger partial charge in [0.15, 0.2) is 0 Å². The zero-order valence-electron chi connectivity index (χ0n) is 14.1. The fraction of sp³-hybridized carbons (Fsp3) is 0.474. The lowest BCUT2D eigenvalue weighted by Gasteiger charge is -2.31. The van der Waals surface area contributed by atoms with E-state index in [4.69, 9.17) is 4.52 Å². The number of carbonyl (C=O) groups is 1. The van der Waals surface area contributed by atoms with E-state index in [2.05, 4.69) is 19.0 Å². The maximum absolute atomic E-state index is 12.9. The van der Waals surface area contributed by atoms with Gasteiger partial charge in [0, 0.05) is 23.7 Å². The molecule has 0 bridgehead atoms. The average Bonchev–Trinajstić information content (AvgIpc) is 3.19. The van der Waals surface area contributed by atoms with Crippen molar-refractivity contribution >= 4 is 5.91 Å². The maximum Gasteiger partial charge on any atom is 0.292 e. The molecule has 1 amide bonds. The molecule has 0 radical (unpaired) electrons. The minimum absolute atomic E-state index is 0.0437. The van der Waals surface area contributed by atoms with Gasteiger partial charge in [-0.1, -0.05) is 47.8 Å². The quantitative estimate of drug-likeness (QED) is 0.838. The third-order valence-corrected chi connectivity index (χ3v) is 4.58. The van der Waals surface area contributed by atoms with Crippen LogP contribution in [-0.2, 0) is 0 Å². The van der Waals surface area contributed by atoms with E-state index in [0.717, 1.165) is 18.4 Å². The minimum Gasteiger partial charge on any atom is -0.350 e. The van der Waals surface area contributed by atoms with Crippen molar-refractivity contribution in [1.82, 2.24) is 10.1 Å². The molecule has 1 heterocycles. The third kappa shape index (κ3) is 3.31. The maximum atomic E-state index is 12.9. The Bertz CT molecular complexity index is 667. The summed E-state index contributed by atoms with van der Waals surface area (Å²) in [4.78, 5) is 14.8. The third-order valence-electron chi connectivity index (χ3n) is 4.58. The average molecular weight is 312 g/mol. The van der Waals surface area contributed by atoms with Crippen LogP contribution in [0.5, 0.6) is 0 Å². The Kier molecular flexibility index (Phi) is 4.51. The van der Waals surface area contributed by atoms with Gasteiger partial charge in [0.25, 0.3) is 5.91 Å². The molecule has 0 N–H and O–H groups in total. The molecule has 1 saturated carbocycles. The molecule has 1 aliphatic rings. The molecule has 3 rings (SSSR count). The first kappa shape index (κ1) is 15.8. The summed E-state index contributed by atoms with van der Waals surface area (Å²) in [6, 6.07) is 10.3. The normalized spacial score (nSPS) is 15.3. The van der Waals surface area contributed by atoms with Gasteiger partial charge in [-0.05, 0) is 33.6 Å². The van der Waals surface area contributed by atoms with Crippen molar-refractivity contribution < 1.29 is 9.32 Å². The van der Waals surface area contributed by atoms with Crippen LogP contribution in [0.2, 0.25) is 0 Å². The van der Waals surface area contributed by atoms with Crippen LogP contribution < -0.4 is 0 Å². The standard InChI is InChI=1S/C19H24N2O2/c1-13(2)21(16-6-4-5-7-16)19(22)18-12-17(20-23-18)15-10-8-14(3)9-11-15/h8-13,16H,4-7H2,1-3H3. The van der Waals surface area contributed by atoms with E-state index in [1.165, 1.54) is 18.4 Å². The smallest absolute Gasteiger partial charge is 0.292 e. The summed E-state index contributed by atoms with van der Waals surface area (Å²) in [5.74, 6) is 0.291. The molecule has 23 heavy (non-hydrogen) atoms. The van der Waals surface area contributed by atoms with Gasteiger partial charge >= 0.3 is 0 Å². The van der Waals surface area contributed by atoms with E-state index >= 15 is 0 Å².